The smallest absolute Gasteiger partial charge is 0.255 e. The number of aryl methyl sites for hydroxylation is 1. The Kier molecular flexibility index (Phi) is 4.89. The third kappa shape index (κ3) is 2.90. The first kappa shape index (κ1) is 19.0. The van der Waals surface area contributed by atoms with Crippen LogP contribution in [-0.2, 0) is 15.1 Å². The number of piperidine rings is 1. The zero-order valence-corrected chi connectivity index (χ0v) is 16.8. The second-order valence-electron chi connectivity index (χ2n) is 7.48. The SMILES string of the molecule is Cc1cccc(Cl)c1C(=O)N1CC[C@]2(c3ccccc3)[C@@H](C1)OCC(=O)N2C. The number of halogens is 1. The number of ether oxygens (including phenoxy) is 1. The predicted molar refractivity (Wildman–Crippen MR) is 107 cm³/mol. The highest BCUT2D eigenvalue weighted by Crippen LogP contribution is 2.42. The summed E-state index contributed by atoms with van der Waals surface area (Å²) < 4.78 is 5.98. The van der Waals surface area contributed by atoms with Gasteiger partial charge in [0.25, 0.3) is 5.91 Å². The Labute approximate surface area is 169 Å². The van der Waals surface area contributed by atoms with Crippen LogP contribution in [0, 0.1) is 6.92 Å². The van der Waals surface area contributed by atoms with Crippen LogP contribution < -0.4 is 0 Å². The first-order valence-corrected chi connectivity index (χ1v) is 9.81. The summed E-state index contributed by atoms with van der Waals surface area (Å²) in [5.74, 6) is -0.130. The molecule has 0 aromatic heterocycles. The molecule has 4 rings (SSSR count). The van der Waals surface area contributed by atoms with E-state index >= 15 is 0 Å². The van der Waals surface area contributed by atoms with Crippen molar-refractivity contribution in [3.05, 3.63) is 70.2 Å². The summed E-state index contributed by atoms with van der Waals surface area (Å²) in [5, 5.41) is 0.460. The molecule has 2 fully saturated rings. The van der Waals surface area contributed by atoms with Crippen LogP contribution in [0.4, 0.5) is 0 Å². The normalized spacial score (nSPS) is 24.8. The molecule has 0 bridgehead atoms. The number of fused-ring (bicyclic) bond motifs is 1. The van der Waals surface area contributed by atoms with E-state index in [1.807, 2.05) is 56.4 Å². The lowest BCUT2D eigenvalue weighted by Gasteiger charge is -2.54. The van der Waals surface area contributed by atoms with Crippen molar-refractivity contribution in [3.63, 3.8) is 0 Å². The number of carbonyl (C=O) groups excluding carboxylic acids is 2. The topological polar surface area (TPSA) is 49.9 Å². The number of amides is 2. The van der Waals surface area contributed by atoms with Gasteiger partial charge in [-0.1, -0.05) is 54.1 Å². The summed E-state index contributed by atoms with van der Waals surface area (Å²) in [6.45, 7) is 2.86. The number of benzene rings is 2. The highest BCUT2D eigenvalue weighted by Gasteiger charge is 2.53. The summed E-state index contributed by atoms with van der Waals surface area (Å²) in [6, 6.07) is 15.4. The molecule has 2 aromatic rings. The first-order chi connectivity index (χ1) is 13.4. The molecule has 2 aromatic carbocycles. The van der Waals surface area contributed by atoms with Crippen molar-refractivity contribution < 1.29 is 14.3 Å². The molecule has 0 N–H and O–H groups in total. The van der Waals surface area contributed by atoms with Gasteiger partial charge < -0.3 is 14.5 Å². The number of carbonyl (C=O) groups is 2. The van der Waals surface area contributed by atoms with E-state index in [1.165, 1.54) is 0 Å². The maximum Gasteiger partial charge on any atom is 0.255 e. The average Bonchev–Trinajstić information content (AvgIpc) is 2.71. The zero-order valence-electron chi connectivity index (χ0n) is 16.0. The summed E-state index contributed by atoms with van der Waals surface area (Å²) in [4.78, 5) is 29.3. The van der Waals surface area contributed by atoms with Crippen LogP contribution in [0.15, 0.2) is 48.5 Å². The summed E-state index contributed by atoms with van der Waals surface area (Å²) >= 11 is 6.31. The van der Waals surface area contributed by atoms with E-state index in [-0.39, 0.29) is 24.5 Å². The Morgan fingerprint density at radius 3 is 2.64 bits per heavy atom. The molecule has 28 heavy (non-hydrogen) atoms. The number of likely N-dealkylation sites (N-methyl/N-ethyl adjacent to an activating group) is 1. The van der Waals surface area contributed by atoms with E-state index < -0.39 is 5.54 Å². The molecule has 2 aliphatic rings. The Bertz CT molecular complexity index is 897. The summed E-state index contributed by atoms with van der Waals surface area (Å²) in [6.07, 6.45) is 0.317. The number of likely N-dealkylation sites (tertiary alicyclic amines) is 1. The van der Waals surface area contributed by atoms with Gasteiger partial charge in [0.05, 0.1) is 16.1 Å². The van der Waals surface area contributed by atoms with Crippen LogP contribution in [0.3, 0.4) is 0 Å². The minimum absolute atomic E-state index is 0.0307. The molecule has 0 radical (unpaired) electrons. The van der Waals surface area contributed by atoms with Crippen LogP contribution in [0.2, 0.25) is 5.02 Å². The van der Waals surface area contributed by atoms with Gasteiger partial charge in [0, 0.05) is 20.1 Å². The Morgan fingerprint density at radius 1 is 1.18 bits per heavy atom. The van der Waals surface area contributed by atoms with Crippen molar-refractivity contribution in [1.82, 2.24) is 9.80 Å². The standard InChI is InChI=1S/C22H23ClN2O3/c1-15-7-6-10-17(23)20(15)21(27)25-12-11-22(16-8-4-3-5-9-16)18(13-25)28-14-19(26)24(22)2/h3-10,18H,11-14H2,1-2H3/t18-,22+/m1/s1. The van der Waals surface area contributed by atoms with E-state index in [2.05, 4.69) is 0 Å². The quantitative estimate of drug-likeness (QED) is 0.780. The number of hydrogen-bond acceptors (Lipinski definition) is 3. The van der Waals surface area contributed by atoms with Crippen molar-refractivity contribution in [3.8, 4) is 0 Å². The van der Waals surface area contributed by atoms with Crippen LogP contribution in [0.5, 0.6) is 0 Å². The molecule has 0 unspecified atom stereocenters. The molecule has 0 aliphatic carbocycles. The van der Waals surface area contributed by atoms with Gasteiger partial charge in [0.15, 0.2) is 0 Å². The Morgan fingerprint density at radius 2 is 1.93 bits per heavy atom. The van der Waals surface area contributed by atoms with Gasteiger partial charge in [-0.25, -0.2) is 0 Å². The lowest BCUT2D eigenvalue weighted by Crippen LogP contribution is -2.67. The van der Waals surface area contributed by atoms with Gasteiger partial charge in [0.2, 0.25) is 5.91 Å². The summed E-state index contributed by atoms with van der Waals surface area (Å²) in [7, 11) is 1.83. The van der Waals surface area contributed by atoms with Gasteiger partial charge in [0.1, 0.15) is 12.7 Å². The second-order valence-corrected chi connectivity index (χ2v) is 7.88. The predicted octanol–water partition coefficient (Wildman–Crippen LogP) is 3.25. The fraction of sp³-hybridized carbons (Fsp3) is 0.364. The fourth-order valence-electron chi connectivity index (χ4n) is 4.47. The van der Waals surface area contributed by atoms with Crippen molar-refractivity contribution in [2.45, 2.75) is 25.0 Å². The second kappa shape index (κ2) is 7.22. The van der Waals surface area contributed by atoms with E-state index in [9.17, 15) is 9.59 Å². The van der Waals surface area contributed by atoms with Gasteiger partial charge in [-0.05, 0) is 30.5 Å². The third-order valence-corrected chi connectivity index (χ3v) is 6.37. The zero-order chi connectivity index (χ0) is 19.9. The van der Waals surface area contributed by atoms with Crippen LogP contribution in [-0.4, -0.2) is 54.5 Å². The number of rotatable bonds is 2. The molecule has 2 atom stereocenters. The third-order valence-electron chi connectivity index (χ3n) is 6.06. The van der Waals surface area contributed by atoms with E-state index in [0.717, 1.165) is 11.1 Å². The van der Waals surface area contributed by atoms with Crippen molar-refractivity contribution in [2.24, 2.45) is 0 Å². The molecular weight excluding hydrogens is 376 g/mol. The van der Waals surface area contributed by atoms with Crippen molar-refractivity contribution in [1.29, 1.82) is 0 Å². The van der Waals surface area contributed by atoms with E-state index in [4.69, 9.17) is 16.3 Å². The van der Waals surface area contributed by atoms with Gasteiger partial charge in [-0.15, -0.1) is 0 Å². The van der Waals surface area contributed by atoms with Crippen molar-refractivity contribution >= 4 is 23.4 Å². The first-order valence-electron chi connectivity index (χ1n) is 9.43. The monoisotopic (exact) mass is 398 g/mol. The number of hydrogen-bond donors (Lipinski definition) is 0. The molecule has 0 saturated carbocycles. The summed E-state index contributed by atoms with van der Waals surface area (Å²) in [5.41, 5.74) is 1.87. The minimum Gasteiger partial charge on any atom is -0.364 e. The molecule has 2 heterocycles. The molecule has 6 heteroatoms. The van der Waals surface area contributed by atoms with Gasteiger partial charge >= 0.3 is 0 Å². The number of morpholine rings is 1. The Hall–Kier alpha value is -2.37. The minimum atomic E-state index is -0.567. The molecular formula is C22H23ClN2O3. The lowest BCUT2D eigenvalue weighted by molar-refractivity contribution is -0.180. The molecule has 2 amide bonds. The van der Waals surface area contributed by atoms with Crippen LogP contribution in [0.1, 0.15) is 27.9 Å². The lowest BCUT2D eigenvalue weighted by atomic mass is 9.76. The van der Waals surface area contributed by atoms with E-state index in [0.29, 0.717) is 30.1 Å². The molecule has 5 nitrogen and oxygen atoms in total. The van der Waals surface area contributed by atoms with E-state index in [1.54, 1.807) is 15.9 Å². The Balaban J connectivity index is 1.68. The highest BCUT2D eigenvalue weighted by atomic mass is 35.5. The molecule has 0 spiro atoms. The van der Waals surface area contributed by atoms with Gasteiger partial charge in [-0.2, -0.15) is 0 Å². The average molecular weight is 399 g/mol. The number of nitrogens with zero attached hydrogens (tertiary/aromatic N) is 2. The molecule has 2 saturated heterocycles. The van der Waals surface area contributed by atoms with Crippen LogP contribution in [0.25, 0.3) is 0 Å². The maximum absolute atomic E-state index is 13.2. The fourth-order valence-corrected chi connectivity index (χ4v) is 4.77. The van der Waals surface area contributed by atoms with Crippen molar-refractivity contribution in [2.75, 3.05) is 26.7 Å². The molecule has 2 aliphatic heterocycles. The van der Waals surface area contributed by atoms with Gasteiger partial charge in [-0.3, -0.25) is 9.59 Å². The largest absolute Gasteiger partial charge is 0.364 e. The molecule has 146 valence electrons. The maximum atomic E-state index is 13.2. The highest BCUT2D eigenvalue weighted by molar-refractivity contribution is 6.34. The van der Waals surface area contributed by atoms with Crippen LogP contribution >= 0.6 is 11.6 Å².